The minimum absolute atomic E-state index is 0.106. The molecule has 0 aliphatic rings. The summed E-state index contributed by atoms with van der Waals surface area (Å²) in [5.74, 6) is 1.02. The van der Waals surface area contributed by atoms with Crippen LogP contribution in [0.15, 0.2) is 0 Å². The molecule has 0 fully saturated rings. The standard InChI is InChI=1S/C84H164O17P2/c1-9-77(8)63-55-47-42-43-49-57-65-82(87)95-71-80(101-84(89)67-59-51-41-35-29-23-22-26-32-38-46-54-62-76(6)7)73-99-103(92,93)97-69-78(85)68-96-102(90,91)98-72-79(70-94-81(86)64-56-48-39-33-27-20-17-16-19-25-31-37-45-53-61-75(4)5)100-83(88)66-58-50-40-34-28-21-15-13-11-10-12-14-18-24-30-36-44-52-60-74(2)3/h74-80,85H,9-73H2,1-8H3,(H,90,91)(H,92,93)/t77?,78-,79-,80-/m1/s1. The third kappa shape index (κ3) is 76.6. The van der Waals surface area contributed by atoms with E-state index in [0.29, 0.717) is 25.7 Å². The van der Waals surface area contributed by atoms with Gasteiger partial charge in [0.25, 0.3) is 0 Å². The molecule has 0 spiro atoms. The van der Waals surface area contributed by atoms with E-state index in [0.717, 1.165) is 120 Å². The number of carbonyl (C=O) groups excluding carboxylic acids is 4. The van der Waals surface area contributed by atoms with Crippen molar-refractivity contribution in [1.82, 2.24) is 0 Å². The normalized spacial score (nSPS) is 14.2. The van der Waals surface area contributed by atoms with Crippen molar-refractivity contribution in [3.8, 4) is 0 Å². The van der Waals surface area contributed by atoms with Crippen LogP contribution in [0.2, 0.25) is 0 Å². The molecule has 0 aliphatic carbocycles. The second kappa shape index (κ2) is 72.9. The summed E-state index contributed by atoms with van der Waals surface area (Å²) in [5, 5.41) is 10.7. The van der Waals surface area contributed by atoms with E-state index >= 15 is 0 Å². The number of hydrogen-bond donors (Lipinski definition) is 3. The fourth-order valence-corrected chi connectivity index (χ4v) is 14.5. The lowest BCUT2D eigenvalue weighted by Crippen LogP contribution is -2.30. The Morgan fingerprint density at radius 2 is 0.466 bits per heavy atom. The first-order valence-corrected chi connectivity index (χ1v) is 46.2. The third-order valence-corrected chi connectivity index (χ3v) is 21.8. The number of aliphatic hydroxyl groups is 1. The second-order valence-corrected chi connectivity index (χ2v) is 34.8. The van der Waals surface area contributed by atoms with E-state index in [1.165, 1.54) is 231 Å². The SMILES string of the molecule is CCC(C)CCCCCCCCC(=O)OC[C@H](COP(=O)(O)OC[C@H](O)COP(=O)(O)OC[C@@H](COC(=O)CCCCCCCCCCCCCCCCC(C)C)OC(=O)CCCCCCCCCCCCCCCCCCCCC(C)C)OC(=O)CCCCCCCCCCCCCCC(C)C. The average molecular weight is 1510 g/mol. The summed E-state index contributed by atoms with van der Waals surface area (Å²) in [4.78, 5) is 73.1. The zero-order valence-corrected chi connectivity index (χ0v) is 69.7. The molecule has 0 radical (unpaired) electrons. The molecule has 0 heterocycles. The lowest BCUT2D eigenvalue weighted by molar-refractivity contribution is -0.161. The molecular weight excluding hydrogens is 1340 g/mol. The maximum Gasteiger partial charge on any atom is 0.472 e. The molecule has 0 saturated carbocycles. The van der Waals surface area contributed by atoms with Crippen molar-refractivity contribution in [3.63, 3.8) is 0 Å². The van der Waals surface area contributed by atoms with Crippen LogP contribution in [-0.2, 0) is 65.4 Å². The zero-order valence-electron chi connectivity index (χ0n) is 68.0. The number of phosphoric ester groups is 2. The maximum atomic E-state index is 13.1. The molecule has 0 rings (SSSR count). The molecule has 17 nitrogen and oxygen atoms in total. The van der Waals surface area contributed by atoms with Gasteiger partial charge in [0, 0.05) is 25.7 Å². The zero-order chi connectivity index (χ0) is 76.0. The van der Waals surface area contributed by atoms with E-state index in [2.05, 4.69) is 55.4 Å². The first-order valence-electron chi connectivity index (χ1n) is 43.2. The molecule has 0 aliphatic heterocycles. The molecule has 0 aromatic carbocycles. The molecular formula is C84H164O17P2. The number of ether oxygens (including phenoxy) is 4. The van der Waals surface area contributed by atoms with Crippen LogP contribution in [0.3, 0.4) is 0 Å². The molecule has 6 atom stereocenters. The summed E-state index contributed by atoms with van der Waals surface area (Å²) in [6, 6.07) is 0. The van der Waals surface area contributed by atoms with Crippen LogP contribution < -0.4 is 0 Å². The Hall–Kier alpha value is -1.94. The average Bonchev–Trinajstić information content (AvgIpc) is 0.912. The van der Waals surface area contributed by atoms with Crippen molar-refractivity contribution in [2.24, 2.45) is 23.7 Å². The predicted octanol–water partition coefficient (Wildman–Crippen LogP) is 25.2. The first-order chi connectivity index (χ1) is 49.6. The summed E-state index contributed by atoms with van der Waals surface area (Å²) in [7, 11) is -9.93. The van der Waals surface area contributed by atoms with Gasteiger partial charge in [-0.05, 0) is 49.4 Å². The molecule has 19 heteroatoms. The number of esters is 4. The van der Waals surface area contributed by atoms with Crippen LogP contribution in [-0.4, -0.2) is 96.7 Å². The van der Waals surface area contributed by atoms with Gasteiger partial charge in [0.15, 0.2) is 12.2 Å². The van der Waals surface area contributed by atoms with E-state index in [9.17, 15) is 43.2 Å². The van der Waals surface area contributed by atoms with E-state index in [1.54, 1.807) is 0 Å². The summed E-state index contributed by atoms with van der Waals surface area (Å²) in [6.07, 6.45) is 61.1. The Morgan fingerprint density at radius 3 is 0.689 bits per heavy atom. The van der Waals surface area contributed by atoms with Crippen LogP contribution in [0, 0.1) is 23.7 Å². The van der Waals surface area contributed by atoms with Gasteiger partial charge in [0.05, 0.1) is 26.4 Å². The molecule has 0 aromatic heterocycles. The monoisotopic (exact) mass is 1510 g/mol. The first kappa shape index (κ1) is 101. The molecule has 3 N–H and O–H groups in total. The number of phosphoric acid groups is 2. The molecule has 103 heavy (non-hydrogen) atoms. The summed E-state index contributed by atoms with van der Waals surface area (Å²) in [6.45, 7) is 14.3. The summed E-state index contributed by atoms with van der Waals surface area (Å²) >= 11 is 0. The van der Waals surface area contributed by atoms with Crippen LogP contribution in [0.1, 0.15) is 434 Å². The smallest absolute Gasteiger partial charge is 0.462 e. The van der Waals surface area contributed by atoms with Crippen molar-refractivity contribution in [3.05, 3.63) is 0 Å². The van der Waals surface area contributed by atoms with Gasteiger partial charge in [0.2, 0.25) is 0 Å². The molecule has 0 aromatic rings. The maximum absolute atomic E-state index is 13.1. The minimum atomic E-state index is -4.97. The predicted molar refractivity (Wildman–Crippen MR) is 423 cm³/mol. The van der Waals surface area contributed by atoms with Gasteiger partial charge in [-0.2, -0.15) is 0 Å². The van der Waals surface area contributed by atoms with Crippen molar-refractivity contribution >= 4 is 39.5 Å². The highest BCUT2D eigenvalue weighted by Gasteiger charge is 2.30. The van der Waals surface area contributed by atoms with Crippen molar-refractivity contribution in [2.45, 2.75) is 453 Å². The minimum Gasteiger partial charge on any atom is -0.462 e. The Morgan fingerprint density at radius 1 is 0.272 bits per heavy atom. The van der Waals surface area contributed by atoms with E-state index in [-0.39, 0.29) is 25.7 Å². The highest BCUT2D eigenvalue weighted by atomic mass is 31.2. The van der Waals surface area contributed by atoms with E-state index < -0.39 is 97.5 Å². The van der Waals surface area contributed by atoms with Gasteiger partial charge in [0.1, 0.15) is 19.3 Å². The number of hydrogen-bond acceptors (Lipinski definition) is 15. The molecule has 612 valence electrons. The number of rotatable bonds is 81. The van der Waals surface area contributed by atoms with Gasteiger partial charge in [-0.3, -0.25) is 37.3 Å². The largest absolute Gasteiger partial charge is 0.472 e. The number of carbonyl (C=O) groups is 4. The van der Waals surface area contributed by atoms with E-state index in [1.807, 2.05) is 0 Å². The summed E-state index contributed by atoms with van der Waals surface area (Å²) in [5.41, 5.74) is 0. The Kier molecular flexibility index (Phi) is 71.5. The number of unbranched alkanes of at least 4 members (excludes halogenated alkanes) is 46. The Balaban J connectivity index is 5.24. The van der Waals surface area contributed by atoms with Crippen LogP contribution >= 0.6 is 15.6 Å². The fourth-order valence-electron chi connectivity index (χ4n) is 12.9. The van der Waals surface area contributed by atoms with Crippen LogP contribution in [0.5, 0.6) is 0 Å². The second-order valence-electron chi connectivity index (χ2n) is 31.9. The molecule has 0 amide bonds. The topological polar surface area (TPSA) is 237 Å². The van der Waals surface area contributed by atoms with Gasteiger partial charge in [-0.15, -0.1) is 0 Å². The van der Waals surface area contributed by atoms with Crippen LogP contribution in [0.4, 0.5) is 0 Å². The van der Waals surface area contributed by atoms with Gasteiger partial charge < -0.3 is 33.8 Å². The number of aliphatic hydroxyl groups excluding tert-OH is 1. The van der Waals surface area contributed by atoms with Crippen molar-refractivity contribution < 1.29 is 80.2 Å². The molecule has 0 bridgehead atoms. The summed E-state index contributed by atoms with van der Waals surface area (Å²) < 4.78 is 68.8. The highest BCUT2D eigenvalue weighted by Crippen LogP contribution is 2.45. The fraction of sp³-hybridized carbons (Fsp3) is 0.952. The molecule has 3 unspecified atom stereocenters. The third-order valence-electron chi connectivity index (χ3n) is 19.9. The molecule has 0 saturated heterocycles. The Labute approximate surface area is 632 Å². The Bertz CT molecular complexity index is 2010. The quantitative estimate of drug-likeness (QED) is 0.0222. The highest BCUT2D eigenvalue weighted by molar-refractivity contribution is 7.47. The lowest BCUT2D eigenvalue weighted by atomic mass is 10.00. The van der Waals surface area contributed by atoms with Gasteiger partial charge in [-0.25, -0.2) is 9.13 Å². The van der Waals surface area contributed by atoms with Gasteiger partial charge >= 0.3 is 39.5 Å². The van der Waals surface area contributed by atoms with Crippen LogP contribution in [0.25, 0.3) is 0 Å². The van der Waals surface area contributed by atoms with Crippen molar-refractivity contribution in [1.29, 1.82) is 0 Å². The van der Waals surface area contributed by atoms with Crippen molar-refractivity contribution in [2.75, 3.05) is 39.6 Å². The van der Waals surface area contributed by atoms with E-state index in [4.69, 9.17) is 37.0 Å². The van der Waals surface area contributed by atoms with Gasteiger partial charge in [-0.1, -0.05) is 383 Å². The lowest BCUT2D eigenvalue weighted by Gasteiger charge is -2.21.